The molecule has 0 saturated heterocycles. The normalized spacial score (nSPS) is 10.1. The summed E-state index contributed by atoms with van der Waals surface area (Å²) in [6.07, 6.45) is 1.62. The fourth-order valence-corrected chi connectivity index (χ4v) is 1.77. The van der Waals surface area contributed by atoms with Crippen LogP contribution in [0.2, 0.25) is 0 Å². The van der Waals surface area contributed by atoms with Crippen molar-refractivity contribution in [2.24, 2.45) is 0 Å². The van der Waals surface area contributed by atoms with Gasteiger partial charge < -0.3 is 4.57 Å². The first-order valence-corrected chi connectivity index (χ1v) is 5.46. The van der Waals surface area contributed by atoms with Crippen LogP contribution in [0.25, 0.3) is 0 Å². The number of hydrogen-bond acceptors (Lipinski definition) is 2. The molecule has 2 rings (SSSR count). The van der Waals surface area contributed by atoms with E-state index in [-0.39, 0.29) is 16.9 Å². The van der Waals surface area contributed by atoms with Gasteiger partial charge in [0.15, 0.2) is 0 Å². The van der Waals surface area contributed by atoms with Crippen molar-refractivity contribution in [1.82, 2.24) is 4.57 Å². The minimum Gasteiger partial charge on any atom is -0.310 e. The van der Waals surface area contributed by atoms with Gasteiger partial charge in [-0.1, -0.05) is 6.07 Å². The molecule has 3 nitrogen and oxygen atoms in total. The third-order valence-corrected chi connectivity index (χ3v) is 2.79. The summed E-state index contributed by atoms with van der Waals surface area (Å²) in [6, 6.07) is 9.42. The Morgan fingerprint density at radius 2 is 2.17 bits per heavy atom. The first kappa shape index (κ1) is 12.1. The summed E-state index contributed by atoms with van der Waals surface area (Å²) in [6.45, 7) is 2.12. The number of hydrogen-bond donors (Lipinski definition) is 0. The molecule has 0 N–H and O–H groups in total. The average Bonchev–Trinajstić information content (AvgIpc) is 2.35. The van der Waals surface area contributed by atoms with Gasteiger partial charge in [0.2, 0.25) is 0 Å². The molecule has 0 aliphatic heterocycles. The van der Waals surface area contributed by atoms with Gasteiger partial charge in [-0.3, -0.25) is 4.79 Å². The molecule has 2 aromatic rings. The maximum absolute atomic E-state index is 13.0. The summed E-state index contributed by atoms with van der Waals surface area (Å²) >= 11 is 0. The third-order valence-electron chi connectivity index (χ3n) is 2.79. The number of halogens is 1. The standard InChI is InChI=1S/C14H11FN2O/c1-10-7-13(15)5-4-12(10)9-17-6-2-3-11(8-16)14(17)18/h2-7H,9H2,1H3. The van der Waals surface area contributed by atoms with Gasteiger partial charge in [0.25, 0.3) is 5.56 Å². The van der Waals surface area contributed by atoms with Crippen molar-refractivity contribution in [2.75, 3.05) is 0 Å². The Morgan fingerprint density at radius 3 is 2.83 bits per heavy atom. The predicted molar refractivity (Wildman–Crippen MR) is 65.7 cm³/mol. The fourth-order valence-electron chi connectivity index (χ4n) is 1.77. The first-order valence-electron chi connectivity index (χ1n) is 5.46. The van der Waals surface area contributed by atoms with Crippen LogP contribution in [-0.4, -0.2) is 4.57 Å². The maximum atomic E-state index is 13.0. The molecule has 0 saturated carbocycles. The van der Waals surface area contributed by atoms with E-state index in [9.17, 15) is 9.18 Å². The fraction of sp³-hybridized carbons (Fsp3) is 0.143. The number of aromatic nitrogens is 1. The molecule has 0 radical (unpaired) electrons. The largest absolute Gasteiger partial charge is 0.310 e. The number of benzene rings is 1. The quantitative estimate of drug-likeness (QED) is 0.810. The van der Waals surface area contributed by atoms with Gasteiger partial charge in [-0.05, 0) is 42.3 Å². The number of pyridine rings is 1. The van der Waals surface area contributed by atoms with Crippen molar-refractivity contribution in [3.63, 3.8) is 0 Å². The van der Waals surface area contributed by atoms with E-state index < -0.39 is 0 Å². The Hall–Kier alpha value is -2.41. The van der Waals surface area contributed by atoms with Crippen LogP contribution in [0.3, 0.4) is 0 Å². The van der Waals surface area contributed by atoms with Gasteiger partial charge in [-0.15, -0.1) is 0 Å². The van der Waals surface area contributed by atoms with E-state index >= 15 is 0 Å². The van der Waals surface area contributed by atoms with E-state index in [0.29, 0.717) is 6.54 Å². The molecule has 18 heavy (non-hydrogen) atoms. The van der Waals surface area contributed by atoms with E-state index in [1.54, 1.807) is 25.3 Å². The van der Waals surface area contributed by atoms with E-state index in [1.807, 2.05) is 6.07 Å². The predicted octanol–water partition coefficient (Wildman–Crippen LogP) is 2.22. The van der Waals surface area contributed by atoms with Crippen LogP contribution < -0.4 is 5.56 Å². The second kappa shape index (κ2) is 4.84. The van der Waals surface area contributed by atoms with Crippen molar-refractivity contribution >= 4 is 0 Å². The SMILES string of the molecule is Cc1cc(F)ccc1Cn1cccc(C#N)c1=O. The van der Waals surface area contributed by atoms with Gasteiger partial charge in [0.1, 0.15) is 17.4 Å². The molecule has 0 amide bonds. The second-order valence-corrected chi connectivity index (χ2v) is 4.04. The molecule has 1 aromatic carbocycles. The molecular formula is C14H11FN2O. The highest BCUT2D eigenvalue weighted by Gasteiger charge is 2.05. The Balaban J connectivity index is 2.41. The van der Waals surface area contributed by atoms with Crippen LogP contribution in [0, 0.1) is 24.1 Å². The molecule has 0 bridgehead atoms. The highest BCUT2D eigenvalue weighted by molar-refractivity contribution is 5.29. The summed E-state index contributed by atoms with van der Waals surface area (Å²) in [4.78, 5) is 11.8. The Bertz CT molecular complexity index is 683. The number of rotatable bonds is 2. The summed E-state index contributed by atoms with van der Waals surface area (Å²) in [5, 5.41) is 8.79. The van der Waals surface area contributed by atoms with E-state index in [1.165, 1.54) is 22.8 Å². The number of aryl methyl sites for hydroxylation is 1. The molecule has 0 fully saturated rings. The zero-order valence-corrected chi connectivity index (χ0v) is 9.85. The number of nitriles is 1. The van der Waals surface area contributed by atoms with Gasteiger partial charge in [-0.25, -0.2) is 4.39 Å². The lowest BCUT2D eigenvalue weighted by atomic mass is 10.1. The molecule has 0 unspecified atom stereocenters. The minimum absolute atomic E-state index is 0.109. The molecular weight excluding hydrogens is 231 g/mol. The van der Waals surface area contributed by atoms with Gasteiger partial charge >= 0.3 is 0 Å². The molecule has 4 heteroatoms. The molecule has 0 aliphatic carbocycles. The van der Waals surface area contributed by atoms with Crippen LogP contribution in [0.4, 0.5) is 4.39 Å². The summed E-state index contributed by atoms with van der Waals surface area (Å²) in [5.74, 6) is -0.297. The van der Waals surface area contributed by atoms with E-state index in [2.05, 4.69) is 0 Å². The summed E-state index contributed by atoms with van der Waals surface area (Å²) < 4.78 is 14.4. The van der Waals surface area contributed by atoms with Gasteiger partial charge in [0.05, 0.1) is 6.54 Å². The highest BCUT2D eigenvalue weighted by Crippen LogP contribution is 2.11. The van der Waals surface area contributed by atoms with Crippen LogP contribution in [0.15, 0.2) is 41.3 Å². The molecule has 0 aliphatic rings. The summed E-state index contributed by atoms with van der Waals surface area (Å²) in [7, 11) is 0. The van der Waals surface area contributed by atoms with Gasteiger partial charge in [0, 0.05) is 6.20 Å². The van der Waals surface area contributed by atoms with Crippen molar-refractivity contribution in [1.29, 1.82) is 5.26 Å². The van der Waals surface area contributed by atoms with Gasteiger partial charge in [-0.2, -0.15) is 5.26 Å². The zero-order chi connectivity index (χ0) is 13.1. The first-order chi connectivity index (χ1) is 8.61. The van der Waals surface area contributed by atoms with E-state index in [0.717, 1.165) is 11.1 Å². The Morgan fingerprint density at radius 1 is 1.39 bits per heavy atom. The third kappa shape index (κ3) is 2.30. The van der Waals surface area contributed by atoms with E-state index in [4.69, 9.17) is 5.26 Å². The molecule has 90 valence electrons. The smallest absolute Gasteiger partial charge is 0.268 e. The van der Waals surface area contributed by atoms with Crippen LogP contribution >= 0.6 is 0 Å². The Kier molecular flexibility index (Phi) is 3.24. The second-order valence-electron chi connectivity index (χ2n) is 4.04. The van der Waals surface area contributed by atoms with Crippen molar-refractivity contribution in [2.45, 2.75) is 13.5 Å². The monoisotopic (exact) mass is 242 g/mol. The van der Waals surface area contributed by atoms with Crippen LogP contribution in [-0.2, 0) is 6.54 Å². The zero-order valence-electron chi connectivity index (χ0n) is 9.85. The molecule has 1 heterocycles. The van der Waals surface area contributed by atoms with Crippen molar-refractivity contribution < 1.29 is 4.39 Å². The number of nitrogens with zero attached hydrogens (tertiary/aromatic N) is 2. The lowest BCUT2D eigenvalue weighted by Gasteiger charge is -2.08. The minimum atomic E-state index is -0.330. The lowest BCUT2D eigenvalue weighted by Crippen LogP contribution is -2.22. The Labute approximate surface area is 104 Å². The summed E-state index contributed by atoms with van der Waals surface area (Å²) in [5.41, 5.74) is 1.42. The maximum Gasteiger partial charge on any atom is 0.268 e. The van der Waals surface area contributed by atoms with Crippen molar-refractivity contribution in [3.8, 4) is 6.07 Å². The lowest BCUT2D eigenvalue weighted by molar-refractivity contribution is 0.624. The van der Waals surface area contributed by atoms with Crippen LogP contribution in [0.1, 0.15) is 16.7 Å². The van der Waals surface area contributed by atoms with Crippen molar-refractivity contribution in [3.05, 3.63) is 69.4 Å². The molecule has 0 atom stereocenters. The molecule has 1 aromatic heterocycles. The van der Waals surface area contributed by atoms with Crippen LogP contribution in [0.5, 0.6) is 0 Å². The average molecular weight is 242 g/mol. The molecule has 0 spiro atoms. The topological polar surface area (TPSA) is 45.8 Å². The highest BCUT2D eigenvalue weighted by atomic mass is 19.1.